The topological polar surface area (TPSA) is 58.1 Å². The van der Waals surface area contributed by atoms with Crippen LogP contribution < -0.4 is 10.6 Å². The maximum absolute atomic E-state index is 5.69. The molecule has 2 aliphatic heterocycles. The molecule has 0 saturated carbocycles. The number of thiophene rings is 1. The normalized spacial score (nSPS) is 23.0. The first-order valence-corrected chi connectivity index (χ1v) is 11.4. The third-order valence-corrected chi connectivity index (χ3v) is 6.90. The minimum atomic E-state index is 0.0411. The van der Waals surface area contributed by atoms with Gasteiger partial charge in [0, 0.05) is 55.0 Å². The molecule has 2 aliphatic rings. The Morgan fingerprint density at radius 2 is 2.11 bits per heavy atom. The summed E-state index contributed by atoms with van der Waals surface area (Å²) < 4.78 is 11.2. The van der Waals surface area contributed by atoms with E-state index in [1.54, 1.807) is 11.3 Å². The summed E-state index contributed by atoms with van der Waals surface area (Å²) in [4.78, 5) is 8.85. The van der Waals surface area contributed by atoms with Gasteiger partial charge in [-0.05, 0) is 24.8 Å². The molecule has 1 aromatic rings. The van der Waals surface area contributed by atoms with Gasteiger partial charge in [-0.25, -0.2) is 0 Å². The Kier molecular flexibility index (Phi) is 8.14. The van der Waals surface area contributed by atoms with Crippen LogP contribution >= 0.6 is 11.3 Å². The van der Waals surface area contributed by atoms with Gasteiger partial charge in [0.1, 0.15) is 0 Å². The van der Waals surface area contributed by atoms with Gasteiger partial charge in [-0.1, -0.05) is 19.9 Å². The van der Waals surface area contributed by atoms with Crippen molar-refractivity contribution in [2.45, 2.75) is 38.6 Å². The van der Waals surface area contributed by atoms with Gasteiger partial charge in [0.15, 0.2) is 5.96 Å². The zero-order valence-corrected chi connectivity index (χ0v) is 18.4. The number of nitrogens with zero attached hydrogens (tertiary/aromatic N) is 2. The van der Waals surface area contributed by atoms with E-state index in [0.717, 1.165) is 71.5 Å². The highest BCUT2D eigenvalue weighted by molar-refractivity contribution is 7.10. The molecule has 1 aromatic heterocycles. The van der Waals surface area contributed by atoms with Crippen LogP contribution in [0.4, 0.5) is 0 Å². The molecule has 6 nitrogen and oxygen atoms in total. The van der Waals surface area contributed by atoms with E-state index in [4.69, 9.17) is 14.5 Å². The number of nitrogens with one attached hydrogen (secondary N) is 2. The maximum Gasteiger partial charge on any atom is 0.191 e. The van der Waals surface area contributed by atoms with Crippen molar-refractivity contribution in [3.63, 3.8) is 0 Å². The number of ether oxygens (including phenoxy) is 2. The summed E-state index contributed by atoms with van der Waals surface area (Å²) in [6, 6.07) is 4.78. The molecular weight excluding hydrogens is 372 g/mol. The lowest BCUT2D eigenvalue weighted by Gasteiger charge is -2.37. The minimum absolute atomic E-state index is 0.0411. The second-order valence-electron chi connectivity index (χ2n) is 8.28. The monoisotopic (exact) mass is 408 g/mol. The van der Waals surface area contributed by atoms with E-state index in [1.807, 2.05) is 0 Å². The van der Waals surface area contributed by atoms with E-state index in [2.05, 4.69) is 53.8 Å². The third kappa shape index (κ3) is 5.92. The van der Waals surface area contributed by atoms with Crippen molar-refractivity contribution in [2.75, 3.05) is 59.2 Å². The minimum Gasteiger partial charge on any atom is -0.381 e. The predicted molar refractivity (Wildman–Crippen MR) is 116 cm³/mol. The van der Waals surface area contributed by atoms with Gasteiger partial charge in [0.2, 0.25) is 0 Å². The summed E-state index contributed by atoms with van der Waals surface area (Å²) in [6.45, 7) is 14.6. The highest BCUT2D eigenvalue weighted by Gasteiger charge is 2.31. The lowest BCUT2D eigenvalue weighted by molar-refractivity contribution is 0.00246. The molecule has 3 heterocycles. The average Bonchev–Trinajstić information content (AvgIpc) is 3.41. The first-order valence-electron chi connectivity index (χ1n) is 10.6. The highest BCUT2D eigenvalue weighted by Crippen LogP contribution is 2.27. The van der Waals surface area contributed by atoms with Gasteiger partial charge in [-0.15, -0.1) is 11.3 Å². The number of rotatable bonds is 8. The van der Waals surface area contributed by atoms with E-state index < -0.39 is 0 Å². The van der Waals surface area contributed by atoms with Crippen LogP contribution in [-0.4, -0.2) is 76.1 Å². The molecule has 2 saturated heterocycles. The number of guanidine groups is 1. The summed E-state index contributed by atoms with van der Waals surface area (Å²) in [5.41, 5.74) is 0.0411. The van der Waals surface area contributed by atoms with Crippen molar-refractivity contribution >= 4 is 17.3 Å². The van der Waals surface area contributed by atoms with Crippen molar-refractivity contribution in [1.82, 2.24) is 15.5 Å². The zero-order valence-electron chi connectivity index (χ0n) is 17.6. The van der Waals surface area contributed by atoms with Crippen LogP contribution in [0.5, 0.6) is 0 Å². The van der Waals surface area contributed by atoms with Crippen molar-refractivity contribution in [2.24, 2.45) is 10.9 Å². The van der Waals surface area contributed by atoms with Gasteiger partial charge < -0.3 is 20.1 Å². The van der Waals surface area contributed by atoms with Crippen LogP contribution in [0.3, 0.4) is 0 Å². The lowest BCUT2D eigenvalue weighted by Crippen LogP contribution is -2.53. The Labute approximate surface area is 173 Å². The molecule has 0 spiro atoms. The molecule has 0 bridgehead atoms. The fourth-order valence-corrected chi connectivity index (χ4v) is 4.76. The van der Waals surface area contributed by atoms with Crippen molar-refractivity contribution < 1.29 is 9.47 Å². The highest BCUT2D eigenvalue weighted by atomic mass is 32.1. The molecule has 28 heavy (non-hydrogen) atoms. The summed E-state index contributed by atoms with van der Waals surface area (Å²) in [5.74, 6) is 1.49. The van der Waals surface area contributed by atoms with Crippen molar-refractivity contribution in [1.29, 1.82) is 0 Å². The number of morpholine rings is 1. The smallest absolute Gasteiger partial charge is 0.191 e. The van der Waals surface area contributed by atoms with E-state index >= 15 is 0 Å². The van der Waals surface area contributed by atoms with Gasteiger partial charge in [-0.2, -0.15) is 0 Å². The van der Waals surface area contributed by atoms with Gasteiger partial charge >= 0.3 is 0 Å². The Hall–Kier alpha value is -1.15. The molecule has 0 aliphatic carbocycles. The third-order valence-electron chi connectivity index (χ3n) is 5.67. The summed E-state index contributed by atoms with van der Waals surface area (Å²) in [7, 11) is 0. The lowest BCUT2D eigenvalue weighted by atomic mass is 9.92. The standard InChI is InChI=1S/C21H36N4O2S/c1-4-22-20(24-16-21(2,3)19-6-5-13-28-19)23-14-18(17-7-10-27-15-17)25-8-11-26-12-9-25/h5-6,13,17-18H,4,7-12,14-16H2,1-3H3,(H2,22,23,24). The van der Waals surface area contributed by atoms with E-state index in [9.17, 15) is 0 Å². The Bertz CT molecular complexity index is 594. The molecule has 0 radical (unpaired) electrons. The fraction of sp³-hybridized carbons (Fsp3) is 0.762. The van der Waals surface area contributed by atoms with Crippen LogP contribution in [-0.2, 0) is 14.9 Å². The van der Waals surface area contributed by atoms with E-state index in [-0.39, 0.29) is 5.41 Å². The second-order valence-corrected chi connectivity index (χ2v) is 9.22. The van der Waals surface area contributed by atoms with Gasteiger partial charge in [0.25, 0.3) is 0 Å². The molecule has 0 aromatic carbocycles. The Morgan fingerprint density at radius 3 is 2.75 bits per heavy atom. The molecule has 3 rings (SSSR count). The quantitative estimate of drug-likeness (QED) is 0.511. The number of aliphatic imine (C=N–C) groups is 1. The molecular formula is C21H36N4O2S. The predicted octanol–water partition coefficient (Wildman–Crippen LogP) is 2.32. The van der Waals surface area contributed by atoms with Gasteiger partial charge in [-0.3, -0.25) is 9.89 Å². The maximum atomic E-state index is 5.69. The molecule has 2 atom stereocenters. The Morgan fingerprint density at radius 1 is 1.29 bits per heavy atom. The van der Waals surface area contributed by atoms with Crippen molar-refractivity contribution in [3.05, 3.63) is 22.4 Å². The molecule has 2 unspecified atom stereocenters. The van der Waals surface area contributed by atoms with E-state index in [1.165, 1.54) is 4.88 Å². The summed E-state index contributed by atoms with van der Waals surface area (Å²) in [6.07, 6.45) is 1.14. The average molecular weight is 409 g/mol. The van der Waals surface area contributed by atoms with Crippen molar-refractivity contribution in [3.8, 4) is 0 Å². The first kappa shape index (κ1) is 21.6. The zero-order chi connectivity index (χ0) is 19.8. The molecule has 0 amide bonds. The van der Waals surface area contributed by atoms with Crippen LogP contribution in [0.15, 0.2) is 22.5 Å². The molecule has 158 valence electrons. The largest absolute Gasteiger partial charge is 0.381 e. The fourth-order valence-electron chi connectivity index (χ4n) is 3.92. The van der Waals surface area contributed by atoms with Crippen LogP contribution in [0.25, 0.3) is 0 Å². The van der Waals surface area contributed by atoms with Crippen LogP contribution in [0, 0.1) is 5.92 Å². The van der Waals surface area contributed by atoms with Crippen LogP contribution in [0.1, 0.15) is 32.1 Å². The first-order chi connectivity index (χ1) is 13.6. The summed E-state index contributed by atoms with van der Waals surface area (Å²) in [5, 5.41) is 9.17. The number of hydrogen-bond acceptors (Lipinski definition) is 5. The second kappa shape index (κ2) is 10.6. The van der Waals surface area contributed by atoms with E-state index in [0.29, 0.717) is 12.0 Å². The van der Waals surface area contributed by atoms with Crippen LogP contribution in [0.2, 0.25) is 0 Å². The SMILES string of the molecule is CCNC(=NCC(C)(C)c1cccs1)NCC(C1CCOC1)N1CCOCC1. The molecule has 2 N–H and O–H groups in total. The molecule has 2 fully saturated rings. The Balaban J connectivity index is 1.62. The summed E-state index contributed by atoms with van der Waals surface area (Å²) >= 11 is 1.81. The molecule has 7 heteroatoms. The number of hydrogen-bond donors (Lipinski definition) is 2. The van der Waals surface area contributed by atoms with Gasteiger partial charge in [0.05, 0.1) is 26.4 Å².